The van der Waals surface area contributed by atoms with Crippen molar-refractivity contribution in [3.63, 3.8) is 0 Å². The monoisotopic (exact) mass is 364 g/mol. The zero-order chi connectivity index (χ0) is 17.9. The summed E-state index contributed by atoms with van der Waals surface area (Å²) in [5.41, 5.74) is 0.221. The molecule has 25 heavy (non-hydrogen) atoms. The molecule has 1 aromatic heterocycles. The lowest BCUT2D eigenvalue weighted by Gasteiger charge is -2.09. The fourth-order valence-electron chi connectivity index (χ4n) is 2.43. The normalized spacial score (nSPS) is 11.6. The van der Waals surface area contributed by atoms with Crippen LogP contribution in [0.15, 0.2) is 59.6 Å². The molecule has 130 valence electrons. The van der Waals surface area contributed by atoms with Gasteiger partial charge in [-0.3, -0.25) is 4.79 Å². The molecular weight excluding hydrogens is 349 g/mol. The Labute approximate surface area is 146 Å². The van der Waals surface area contributed by atoms with E-state index in [9.17, 15) is 18.0 Å². The summed E-state index contributed by atoms with van der Waals surface area (Å²) >= 11 is 1.58. The molecule has 0 radical (unpaired) electrons. The Morgan fingerprint density at radius 1 is 1.12 bits per heavy atom. The summed E-state index contributed by atoms with van der Waals surface area (Å²) in [7, 11) is 0. The van der Waals surface area contributed by atoms with Crippen LogP contribution in [-0.2, 0) is 6.18 Å². The van der Waals surface area contributed by atoms with Crippen molar-refractivity contribution in [2.24, 2.45) is 0 Å². The first kappa shape index (κ1) is 17.4. The van der Waals surface area contributed by atoms with Crippen molar-refractivity contribution in [2.75, 3.05) is 12.3 Å². The lowest BCUT2D eigenvalue weighted by Crippen LogP contribution is -2.26. The van der Waals surface area contributed by atoms with Gasteiger partial charge < -0.3 is 10.3 Å². The Kier molecular flexibility index (Phi) is 5.03. The molecule has 2 aromatic carbocycles. The highest BCUT2D eigenvalue weighted by Gasteiger charge is 2.30. The fourth-order valence-corrected chi connectivity index (χ4v) is 3.33. The maximum atomic E-state index is 12.7. The molecule has 7 heteroatoms. The number of halogens is 3. The Morgan fingerprint density at radius 3 is 2.72 bits per heavy atom. The van der Waals surface area contributed by atoms with Gasteiger partial charge in [0.15, 0.2) is 0 Å². The molecule has 3 nitrogen and oxygen atoms in total. The Hall–Kier alpha value is -2.41. The number of alkyl halides is 3. The second-order valence-corrected chi connectivity index (χ2v) is 6.52. The topological polar surface area (TPSA) is 44.9 Å². The van der Waals surface area contributed by atoms with Crippen LogP contribution in [0.2, 0.25) is 0 Å². The number of H-pyrrole nitrogens is 1. The molecule has 0 bridgehead atoms. The van der Waals surface area contributed by atoms with E-state index in [0.717, 1.165) is 27.9 Å². The highest BCUT2D eigenvalue weighted by atomic mass is 32.2. The van der Waals surface area contributed by atoms with Crippen LogP contribution in [0.5, 0.6) is 0 Å². The van der Waals surface area contributed by atoms with Crippen molar-refractivity contribution >= 4 is 28.6 Å². The Balaban J connectivity index is 1.55. The van der Waals surface area contributed by atoms with Crippen LogP contribution in [0.25, 0.3) is 10.9 Å². The second-order valence-electron chi connectivity index (χ2n) is 5.38. The van der Waals surface area contributed by atoms with Crippen LogP contribution < -0.4 is 5.32 Å². The summed E-state index contributed by atoms with van der Waals surface area (Å²) in [6.45, 7) is 0.360. The largest absolute Gasteiger partial charge is 0.416 e. The first-order valence-electron chi connectivity index (χ1n) is 7.59. The molecule has 0 atom stereocenters. The molecule has 0 spiro atoms. The average molecular weight is 364 g/mol. The molecule has 0 saturated carbocycles. The van der Waals surface area contributed by atoms with Crippen molar-refractivity contribution in [2.45, 2.75) is 11.1 Å². The van der Waals surface area contributed by atoms with E-state index in [0.29, 0.717) is 12.3 Å². The van der Waals surface area contributed by atoms with E-state index in [1.54, 1.807) is 11.8 Å². The number of thioether (sulfide) groups is 1. The molecule has 0 saturated heterocycles. The molecule has 0 aliphatic carbocycles. The molecule has 0 fully saturated rings. The third-order valence-corrected chi connectivity index (χ3v) is 4.71. The number of fused-ring (bicyclic) bond motifs is 1. The van der Waals surface area contributed by atoms with Crippen molar-refractivity contribution in [3.8, 4) is 0 Å². The molecular formula is C18H15F3N2OS. The van der Waals surface area contributed by atoms with Gasteiger partial charge in [0.2, 0.25) is 0 Å². The fraction of sp³-hybridized carbons (Fsp3) is 0.167. The Bertz CT molecular complexity index is 889. The molecule has 3 rings (SSSR count). The van der Waals surface area contributed by atoms with E-state index in [1.807, 2.05) is 30.5 Å². The van der Waals surface area contributed by atoms with Gasteiger partial charge in [0.25, 0.3) is 5.91 Å². The lowest BCUT2D eigenvalue weighted by molar-refractivity contribution is -0.137. The molecule has 3 aromatic rings. The molecule has 0 aliphatic rings. The van der Waals surface area contributed by atoms with Gasteiger partial charge in [0, 0.05) is 39.9 Å². The number of rotatable bonds is 5. The first-order valence-corrected chi connectivity index (χ1v) is 8.58. The number of para-hydroxylation sites is 1. The number of nitrogens with one attached hydrogen (secondary N) is 2. The van der Waals surface area contributed by atoms with Gasteiger partial charge in [-0.15, -0.1) is 11.8 Å². The van der Waals surface area contributed by atoms with Gasteiger partial charge in [-0.2, -0.15) is 13.2 Å². The van der Waals surface area contributed by atoms with Gasteiger partial charge in [-0.1, -0.05) is 24.3 Å². The van der Waals surface area contributed by atoms with Crippen LogP contribution in [0.1, 0.15) is 15.9 Å². The van der Waals surface area contributed by atoms with Crippen molar-refractivity contribution in [3.05, 3.63) is 65.9 Å². The van der Waals surface area contributed by atoms with E-state index in [2.05, 4.69) is 10.3 Å². The summed E-state index contributed by atoms with van der Waals surface area (Å²) in [5.74, 6) is 0.109. The number of amides is 1. The zero-order valence-electron chi connectivity index (χ0n) is 13.1. The number of hydrogen-bond acceptors (Lipinski definition) is 2. The molecule has 2 N–H and O–H groups in total. The average Bonchev–Trinajstić information content (AvgIpc) is 3.01. The summed E-state index contributed by atoms with van der Waals surface area (Å²) < 4.78 is 38.1. The first-order chi connectivity index (χ1) is 11.9. The van der Waals surface area contributed by atoms with Crippen LogP contribution in [-0.4, -0.2) is 23.2 Å². The van der Waals surface area contributed by atoms with Gasteiger partial charge in [0.05, 0.1) is 5.56 Å². The molecule has 0 unspecified atom stereocenters. The number of carbonyl (C=O) groups is 1. The van der Waals surface area contributed by atoms with Crippen molar-refractivity contribution < 1.29 is 18.0 Å². The van der Waals surface area contributed by atoms with Gasteiger partial charge in [-0.25, -0.2) is 0 Å². The van der Waals surface area contributed by atoms with E-state index < -0.39 is 17.6 Å². The SMILES string of the molecule is O=C(NCCSc1c[nH]c2ccccc12)c1cccc(C(F)(F)F)c1. The van der Waals surface area contributed by atoms with E-state index in [4.69, 9.17) is 0 Å². The van der Waals surface area contributed by atoms with Crippen molar-refractivity contribution in [1.82, 2.24) is 10.3 Å². The number of aromatic nitrogens is 1. The molecule has 0 aliphatic heterocycles. The standard InChI is InChI=1S/C18H15F3N2OS/c19-18(20,21)13-5-3-4-12(10-13)17(24)22-8-9-25-16-11-23-15-7-2-1-6-14(15)16/h1-7,10-11,23H,8-9H2,(H,22,24). The van der Waals surface area contributed by atoms with Crippen LogP contribution in [0, 0.1) is 0 Å². The minimum Gasteiger partial charge on any atom is -0.360 e. The van der Waals surface area contributed by atoms with Crippen LogP contribution >= 0.6 is 11.8 Å². The minimum absolute atomic E-state index is 0.00641. The quantitative estimate of drug-likeness (QED) is 0.509. The highest BCUT2D eigenvalue weighted by Crippen LogP contribution is 2.29. The van der Waals surface area contributed by atoms with E-state index in [-0.39, 0.29) is 5.56 Å². The third-order valence-electron chi connectivity index (χ3n) is 3.65. The molecule has 1 amide bonds. The maximum Gasteiger partial charge on any atom is 0.416 e. The summed E-state index contributed by atoms with van der Waals surface area (Å²) in [4.78, 5) is 16.2. The number of hydrogen-bond donors (Lipinski definition) is 2. The zero-order valence-corrected chi connectivity index (χ0v) is 13.9. The van der Waals surface area contributed by atoms with Gasteiger partial charge >= 0.3 is 6.18 Å². The van der Waals surface area contributed by atoms with E-state index in [1.165, 1.54) is 12.1 Å². The summed E-state index contributed by atoms with van der Waals surface area (Å²) in [6.07, 6.45) is -2.55. The predicted octanol–water partition coefficient (Wildman–Crippen LogP) is 4.71. The minimum atomic E-state index is -4.46. The van der Waals surface area contributed by atoms with Crippen molar-refractivity contribution in [1.29, 1.82) is 0 Å². The van der Waals surface area contributed by atoms with Gasteiger partial charge in [0.1, 0.15) is 0 Å². The number of benzene rings is 2. The number of aromatic amines is 1. The Morgan fingerprint density at radius 2 is 1.92 bits per heavy atom. The van der Waals surface area contributed by atoms with Gasteiger partial charge in [-0.05, 0) is 24.3 Å². The van der Waals surface area contributed by atoms with Crippen LogP contribution in [0.4, 0.5) is 13.2 Å². The third kappa shape index (κ3) is 4.17. The number of carbonyl (C=O) groups excluding carboxylic acids is 1. The highest BCUT2D eigenvalue weighted by molar-refractivity contribution is 7.99. The lowest BCUT2D eigenvalue weighted by atomic mass is 10.1. The molecule has 1 heterocycles. The summed E-state index contributed by atoms with van der Waals surface area (Å²) in [6, 6.07) is 12.3. The smallest absolute Gasteiger partial charge is 0.360 e. The van der Waals surface area contributed by atoms with E-state index >= 15 is 0 Å². The second kappa shape index (κ2) is 7.23. The van der Waals surface area contributed by atoms with Crippen LogP contribution in [0.3, 0.4) is 0 Å². The summed E-state index contributed by atoms with van der Waals surface area (Å²) in [5, 5.41) is 3.76. The maximum absolute atomic E-state index is 12.7. The predicted molar refractivity (Wildman–Crippen MR) is 92.8 cm³/mol.